The van der Waals surface area contributed by atoms with E-state index in [4.69, 9.17) is 28.8 Å². The molecule has 2 aliphatic heterocycles. The summed E-state index contributed by atoms with van der Waals surface area (Å²) in [4.78, 5) is 0. The molecule has 0 bridgehead atoms. The van der Waals surface area contributed by atoms with E-state index < -0.39 is 0 Å². The summed E-state index contributed by atoms with van der Waals surface area (Å²) in [6.07, 6.45) is 9.72. The number of unbranched alkanes of at least 4 members (excludes halogenated alkanes) is 6. The van der Waals surface area contributed by atoms with Gasteiger partial charge in [-0.2, -0.15) is 0 Å². The summed E-state index contributed by atoms with van der Waals surface area (Å²) in [5, 5.41) is 9.86. The van der Waals surface area contributed by atoms with Crippen molar-refractivity contribution in [3.8, 4) is 11.5 Å². The zero-order chi connectivity index (χ0) is 31.2. The van der Waals surface area contributed by atoms with Crippen LogP contribution in [0.15, 0.2) is 57.5 Å². The Bertz CT molecular complexity index is 938. The van der Waals surface area contributed by atoms with E-state index in [2.05, 4.69) is 61.6 Å². The zero-order valence-electron chi connectivity index (χ0n) is 27.4. The van der Waals surface area contributed by atoms with E-state index in [1.165, 1.54) is 38.5 Å². The molecule has 0 spiro atoms. The summed E-state index contributed by atoms with van der Waals surface area (Å²) < 4.78 is 29.5. The third kappa shape index (κ3) is 23.0. The van der Waals surface area contributed by atoms with Gasteiger partial charge in [-0.3, -0.25) is 0 Å². The molecule has 7 nitrogen and oxygen atoms in total. The fourth-order valence-corrected chi connectivity index (χ4v) is 5.10. The Balaban J connectivity index is 0.000000697. The first-order valence-electron chi connectivity index (χ1n) is 15.4. The van der Waals surface area contributed by atoms with Gasteiger partial charge in [-0.05, 0) is 80.6 Å². The summed E-state index contributed by atoms with van der Waals surface area (Å²) in [5.74, 6) is 1.24. The number of benzene rings is 2. The van der Waals surface area contributed by atoms with Crippen molar-refractivity contribution in [1.82, 2.24) is 0 Å². The van der Waals surface area contributed by atoms with E-state index in [0.717, 1.165) is 92.3 Å². The van der Waals surface area contributed by atoms with Crippen molar-refractivity contribution in [1.29, 1.82) is 0 Å². The second-order valence-electron chi connectivity index (χ2n) is 12.0. The Morgan fingerprint density at radius 3 is 1.42 bits per heavy atom. The van der Waals surface area contributed by atoms with Crippen molar-refractivity contribution in [2.24, 2.45) is 10.8 Å². The van der Waals surface area contributed by atoms with E-state index in [9.17, 15) is 0 Å². The summed E-state index contributed by atoms with van der Waals surface area (Å²) in [6, 6.07) is 14.8. The number of halogens is 3. The maximum atomic E-state index is 8.74. The molecule has 2 aromatic rings. The Kier molecular flexibility index (Phi) is 28.3. The number of aromatic hydroxyl groups is 1. The molecular formula is C34H52Br3KO7. The SMILES string of the molecule is CC1(COCCCCCCBr)COC1.CC1(COCCCCCCOc2ccc(Br)cc2)COC1.Oc1ccc(Br)cc1.[K+].[OH-]. The fourth-order valence-electron chi connectivity index (χ4n) is 4.18. The van der Waals surface area contributed by atoms with Crippen LogP contribution in [0.4, 0.5) is 0 Å². The van der Waals surface area contributed by atoms with E-state index in [-0.39, 0.29) is 62.3 Å². The molecule has 0 aliphatic carbocycles. The van der Waals surface area contributed by atoms with Gasteiger partial charge in [0.25, 0.3) is 0 Å². The average Bonchev–Trinajstić information content (AvgIpc) is 2.97. The molecule has 2 heterocycles. The molecule has 0 aromatic heterocycles. The predicted octanol–water partition coefficient (Wildman–Crippen LogP) is 6.42. The van der Waals surface area contributed by atoms with Crippen molar-refractivity contribution < 1.29 is 85.7 Å². The fraction of sp³-hybridized carbons (Fsp3) is 0.647. The van der Waals surface area contributed by atoms with Gasteiger partial charge in [-0.15, -0.1) is 0 Å². The number of rotatable bonds is 18. The zero-order valence-corrected chi connectivity index (χ0v) is 35.3. The number of alkyl halides is 1. The summed E-state index contributed by atoms with van der Waals surface area (Å²) in [6.45, 7) is 12.1. The van der Waals surface area contributed by atoms with Crippen LogP contribution in [0.5, 0.6) is 11.5 Å². The maximum absolute atomic E-state index is 8.74. The molecule has 4 rings (SSSR count). The molecule has 2 aliphatic rings. The standard InChI is InChI=1S/C17H25BrO3.C11H21BrO2.C6H5BrO.K.H2O/c1-17(13-20-14-17)12-19-10-4-2-3-5-11-21-16-8-6-15(18)7-9-16;1-11(9-14-10-11)8-13-7-5-3-2-4-6-12;7-5-1-3-6(8)4-2-5;;/h6-9H,2-5,10-14H2,1H3;2-10H2,1H3;1-4,8H;;1H2/q;;;+1;/p-1. The van der Waals surface area contributed by atoms with Crippen molar-refractivity contribution in [3.63, 3.8) is 0 Å². The van der Waals surface area contributed by atoms with Crippen molar-refractivity contribution in [3.05, 3.63) is 57.5 Å². The first-order valence-corrected chi connectivity index (χ1v) is 18.1. The molecule has 0 unspecified atom stereocenters. The molecule has 11 heteroatoms. The molecule has 2 saturated heterocycles. The van der Waals surface area contributed by atoms with E-state index in [1.807, 2.05) is 24.3 Å². The van der Waals surface area contributed by atoms with Crippen LogP contribution in [0, 0.1) is 10.8 Å². The number of phenolic OH excluding ortho intramolecular Hbond substituents is 1. The van der Waals surface area contributed by atoms with Crippen molar-refractivity contribution in [2.45, 2.75) is 65.2 Å². The van der Waals surface area contributed by atoms with Crippen LogP contribution in [-0.4, -0.2) is 75.4 Å². The Morgan fingerprint density at radius 1 is 0.644 bits per heavy atom. The van der Waals surface area contributed by atoms with Gasteiger partial charge in [0.05, 0.1) is 46.2 Å². The topological polar surface area (TPSA) is 96.4 Å². The Hall–Kier alpha value is 0.916. The number of hydrogen-bond acceptors (Lipinski definition) is 7. The number of phenols is 1. The van der Waals surface area contributed by atoms with Crippen LogP contribution in [0.1, 0.15) is 65.2 Å². The maximum Gasteiger partial charge on any atom is 1.00 e. The Morgan fingerprint density at radius 2 is 1.04 bits per heavy atom. The van der Waals surface area contributed by atoms with E-state index in [1.54, 1.807) is 24.3 Å². The van der Waals surface area contributed by atoms with Gasteiger partial charge in [0.2, 0.25) is 0 Å². The third-order valence-corrected chi connectivity index (χ3v) is 8.59. The molecule has 2 fully saturated rings. The van der Waals surface area contributed by atoms with Crippen LogP contribution in [0.3, 0.4) is 0 Å². The first kappa shape index (κ1) is 45.9. The second kappa shape index (κ2) is 27.7. The molecule has 0 radical (unpaired) electrons. The summed E-state index contributed by atoms with van der Waals surface area (Å²) in [5.41, 5.74) is 0.592. The van der Waals surface area contributed by atoms with Gasteiger partial charge in [0, 0.05) is 38.3 Å². The number of ether oxygens (including phenoxy) is 5. The smallest absolute Gasteiger partial charge is 0.870 e. The average molecular weight is 852 g/mol. The van der Waals surface area contributed by atoms with Crippen LogP contribution in [0.25, 0.3) is 0 Å². The summed E-state index contributed by atoms with van der Waals surface area (Å²) in [7, 11) is 0. The predicted molar refractivity (Wildman–Crippen MR) is 188 cm³/mol. The first-order chi connectivity index (χ1) is 20.7. The number of hydrogen-bond donors (Lipinski definition) is 1. The molecule has 2 N–H and O–H groups in total. The molecule has 45 heavy (non-hydrogen) atoms. The normalized spacial score (nSPS) is 15.3. The van der Waals surface area contributed by atoms with Crippen molar-refractivity contribution in [2.75, 3.05) is 64.8 Å². The molecule has 0 atom stereocenters. The monoisotopic (exact) mass is 848 g/mol. The van der Waals surface area contributed by atoms with E-state index >= 15 is 0 Å². The van der Waals surface area contributed by atoms with Crippen LogP contribution in [-0.2, 0) is 18.9 Å². The van der Waals surface area contributed by atoms with Gasteiger partial charge < -0.3 is 34.3 Å². The largest absolute Gasteiger partial charge is 1.00 e. The van der Waals surface area contributed by atoms with Crippen LogP contribution in [0.2, 0.25) is 0 Å². The van der Waals surface area contributed by atoms with Crippen LogP contribution < -0.4 is 56.1 Å². The quantitative estimate of drug-likeness (QED) is 0.105. The van der Waals surface area contributed by atoms with Gasteiger partial charge in [0.1, 0.15) is 11.5 Å². The molecule has 252 valence electrons. The second-order valence-corrected chi connectivity index (χ2v) is 14.6. The van der Waals surface area contributed by atoms with Gasteiger partial charge >= 0.3 is 51.4 Å². The minimum atomic E-state index is 0. The van der Waals surface area contributed by atoms with E-state index in [0.29, 0.717) is 11.2 Å². The molecular weight excluding hydrogens is 799 g/mol. The van der Waals surface area contributed by atoms with Gasteiger partial charge in [-0.25, -0.2) is 0 Å². The van der Waals surface area contributed by atoms with Gasteiger partial charge in [-0.1, -0.05) is 80.9 Å². The molecule has 0 amide bonds. The minimum absolute atomic E-state index is 0. The minimum Gasteiger partial charge on any atom is -0.870 e. The van der Waals surface area contributed by atoms with Crippen LogP contribution >= 0.6 is 47.8 Å². The van der Waals surface area contributed by atoms with Gasteiger partial charge in [0.15, 0.2) is 0 Å². The molecule has 2 aromatic carbocycles. The Labute approximate surface area is 339 Å². The third-order valence-electron chi connectivity index (χ3n) is 6.97. The summed E-state index contributed by atoms with van der Waals surface area (Å²) >= 11 is 10.1. The molecule has 0 saturated carbocycles. The van der Waals surface area contributed by atoms with Crippen molar-refractivity contribution >= 4 is 47.8 Å².